The number of nitrogens with zero attached hydrogens (tertiary/aromatic N) is 3. The van der Waals surface area contributed by atoms with Crippen LogP contribution in [-0.2, 0) is 14.8 Å². The number of sulfonamides is 1. The van der Waals surface area contributed by atoms with Gasteiger partial charge < -0.3 is 10.1 Å². The minimum Gasteiger partial charge on any atom is -0.379 e. The van der Waals surface area contributed by atoms with Crippen molar-refractivity contribution < 1.29 is 22.3 Å². The second-order valence-corrected chi connectivity index (χ2v) is 8.85. The highest BCUT2D eigenvalue weighted by molar-refractivity contribution is 7.89. The van der Waals surface area contributed by atoms with Crippen molar-refractivity contribution in [1.82, 2.24) is 19.0 Å². The smallest absolute Gasteiger partial charge is 0.274 e. The lowest BCUT2D eigenvalue weighted by Crippen LogP contribution is -2.43. The maximum atomic E-state index is 14.5. The molecule has 3 rings (SSSR count). The summed E-state index contributed by atoms with van der Waals surface area (Å²) < 4.78 is 46.3. The van der Waals surface area contributed by atoms with Crippen molar-refractivity contribution in [3.8, 4) is 0 Å². The van der Waals surface area contributed by atoms with Gasteiger partial charge in [0.25, 0.3) is 5.91 Å². The van der Waals surface area contributed by atoms with E-state index in [1.54, 1.807) is 12.1 Å². The molecule has 8 nitrogen and oxygen atoms in total. The molecule has 10 heteroatoms. The number of amides is 1. The van der Waals surface area contributed by atoms with Gasteiger partial charge in [0.15, 0.2) is 5.69 Å². The first kappa shape index (κ1) is 18.7. The Hall–Kier alpha value is -2.04. The number of ether oxygens (including phenoxy) is 1. The van der Waals surface area contributed by atoms with E-state index in [1.165, 1.54) is 24.7 Å². The first-order chi connectivity index (χ1) is 12.2. The Balaban J connectivity index is 1.78. The van der Waals surface area contributed by atoms with Crippen molar-refractivity contribution in [2.75, 3.05) is 33.1 Å². The maximum Gasteiger partial charge on any atom is 0.274 e. The summed E-state index contributed by atoms with van der Waals surface area (Å²) in [6.45, 7) is 2.23. The fourth-order valence-corrected chi connectivity index (χ4v) is 4.01. The molecule has 2 aromatic rings. The molecule has 1 fully saturated rings. The van der Waals surface area contributed by atoms with Gasteiger partial charge >= 0.3 is 0 Å². The molecule has 3 heterocycles. The Morgan fingerprint density at radius 3 is 2.88 bits per heavy atom. The lowest BCUT2D eigenvalue weighted by molar-refractivity contribution is 0.0917. The van der Waals surface area contributed by atoms with Crippen LogP contribution in [0, 0.1) is 18.8 Å². The molecule has 0 spiro atoms. The Morgan fingerprint density at radius 1 is 1.46 bits per heavy atom. The van der Waals surface area contributed by atoms with Crippen LogP contribution in [0.5, 0.6) is 0 Å². The van der Waals surface area contributed by atoms with Crippen LogP contribution in [0.15, 0.2) is 18.3 Å². The summed E-state index contributed by atoms with van der Waals surface area (Å²) in [5, 5.41) is 2.66. The highest BCUT2D eigenvalue weighted by Gasteiger charge is 2.35. The molecule has 0 radical (unpaired) electrons. The molecule has 2 atom stereocenters. The lowest BCUT2D eigenvalue weighted by Gasteiger charge is -2.20. The summed E-state index contributed by atoms with van der Waals surface area (Å²) >= 11 is 0. The standard InChI is InChI=1S/C16H21FN4O4S/c1-10-4-5-21-13(6-10)19-14(15(21)17)16(22)18-12-8-25-7-11(12)9-26(23,24)20(2)3/h4-6,11-12H,7-9H2,1-3H3,(H,18,22)/t11-,12-/m0/s1. The highest BCUT2D eigenvalue weighted by atomic mass is 32.2. The predicted octanol–water partition coefficient (Wildman–Crippen LogP) is 0.418. The SMILES string of the molecule is Cc1ccn2c(F)c(C(=O)N[C@H]3COC[C@H]3CS(=O)(=O)N(C)C)nc2c1. The Morgan fingerprint density at radius 2 is 2.19 bits per heavy atom. The molecule has 1 N–H and O–H groups in total. The molecule has 0 aliphatic carbocycles. The molecular formula is C16H21FN4O4S. The van der Waals surface area contributed by atoms with E-state index in [4.69, 9.17) is 4.74 Å². The molecule has 0 saturated carbocycles. The molecule has 1 amide bonds. The van der Waals surface area contributed by atoms with Crippen LogP contribution in [0.25, 0.3) is 5.65 Å². The molecule has 2 aromatic heterocycles. The lowest BCUT2D eigenvalue weighted by atomic mass is 10.1. The van der Waals surface area contributed by atoms with Crippen molar-refractivity contribution in [3.63, 3.8) is 0 Å². The number of aryl methyl sites for hydroxylation is 1. The monoisotopic (exact) mass is 384 g/mol. The maximum absolute atomic E-state index is 14.5. The van der Waals surface area contributed by atoms with Gasteiger partial charge in [-0.3, -0.25) is 9.20 Å². The summed E-state index contributed by atoms with van der Waals surface area (Å²) in [4.78, 5) is 16.5. The summed E-state index contributed by atoms with van der Waals surface area (Å²) in [5.74, 6) is -2.01. The number of rotatable bonds is 5. The zero-order valence-corrected chi connectivity index (χ0v) is 15.6. The van der Waals surface area contributed by atoms with E-state index >= 15 is 0 Å². The number of hydrogen-bond donors (Lipinski definition) is 1. The number of imidazole rings is 1. The summed E-state index contributed by atoms with van der Waals surface area (Å²) in [6, 6.07) is 2.86. The number of nitrogens with one attached hydrogen (secondary N) is 1. The number of hydrogen-bond acceptors (Lipinski definition) is 5. The zero-order chi connectivity index (χ0) is 19.1. The summed E-state index contributed by atoms with van der Waals surface area (Å²) in [6.07, 6.45) is 1.51. The normalized spacial score (nSPS) is 20.8. The average molecular weight is 384 g/mol. The third-order valence-electron chi connectivity index (χ3n) is 4.43. The number of aromatic nitrogens is 2. The van der Waals surface area contributed by atoms with Gasteiger partial charge in [-0.1, -0.05) is 0 Å². The molecule has 1 aliphatic heterocycles. The van der Waals surface area contributed by atoms with Gasteiger partial charge in [-0.2, -0.15) is 4.39 Å². The van der Waals surface area contributed by atoms with Crippen LogP contribution < -0.4 is 5.32 Å². The number of carbonyl (C=O) groups is 1. The zero-order valence-electron chi connectivity index (χ0n) is 14.8. The Labute approximate surface area is 151 Å². The van der Waals surface area contributed by atoms with Crippen LogP contribution in [0.2, 0.25) is 0 Å². The van der Waals surface area contributed by atoms with E-state index in [0.29, 0.717) is 5.65 Å². The molecular weight excluding hydrogens is 363 g/mol. The molecule has 1 aliphatic rings. The van der Waals surface area contributed by atoms with E-state index < -0.39 is 33.8 Å². The topological polar surface area (TPSA) is 93.0 Å². The van der Waals surface area contributed by atoms with Crippen molar-refractivity contribution in [1.29, 1.82) is 0 Å². The van der Waals surface area contributed by atoms with E-state index in [1.807, 2.05) is 6.92 Å². The molecule has 0 unspecified atom stereocenters. The van der Waals surface area contributed by atoms with E-state index in [-0.39, 0.29) is 24.7 Å². The molecule has 142 valence electrons. The number of fused-ring (bicyclic) bond motifs is 1. The van der Waals surface area contributed by atoms with E-state index in [9.17, 15) is 17.6 Å². The van der Waals surface area contributed by atoms with Gasteiger partial charge in [0.1, 0.15) is 5.65 Å². The Bertz CT molecular complexity index is 941. The van der Waals surface area contributed by atoms with Crippen molar-refractivity contribution in [2.45, 2.75) is 13.0 Å². The van der Waals surface area contributed by atoms with Crippen molar-refractivity contribution >= 4 is 21.6 Å². The van der Waals surface area contributed by atoms with Crippen LogP contribution >= 0.6 is 0 Å². The van der Waals surface area contributed by atoms with E-state index in [2.05, 4.69) is 10.3 Å². The second-order valence-electron chi connectivity index (χ2n) is 6.62. The van der Waals surface area contributed by atoms with Crippen LogP contribution in [-0.4, -0.2) is 67.1 Å². The number of carbonyl (C=O) groups excluding carboxylic acids is 1. The highest BCUT2D eigenvalue weighted by Crippen LogP contribution is 2.19. The second kappa shape index (κ2) is 6.93. The number of halogens is 1. The Kier molecular flexibility index (Phi) is 5.00. The minimum absolute atomic E-state index is 0.155. The molecule has 26 heavy (non-hydrogen) atoms. The van der Waals surface area contributed by atoms with Crippen LogP contribution in [0.1, 0.15) is 16.1 Å². The fourth-order valence-electron chi connectivity index (χ4n) is 2.84. The molecule has 0 aromatic carbocycles. The third kappa shape index (κ3) is 3.57. The summed E-state index contributed by atoms with van der Waals surface area (Å²) in [5.41, 5.74) is 0.909. The van der Waals surface area contributed by atoms with Gasteiger partial charge in [-0.05, 0) is 24.6 Å². The van der Waals surface area contributed by atoms with E-state index in [0.717, 1.165) is 9.87 Å². The first-order valence-corrected chi connectivity index (χ1v) is 9.73. The van der Waals surface area contributed by atoms with Crippen LogP contribution in [0.3, 0.4) is 0 Å². The average Bonchev–Trinajstić information content (AvgIpc) is 3.11. The van der Waals surface area contributed by atoms with Crippen molar-refractivity contribution in [3.05, 3.63) is 35.5 Å². The predicted molar refractivity (Wildman–Crippen MR) is 92.9 cm³/mol. The quantitative estimate of drug-likeness (QED) is 0.806. The largest absolute Gasteiger partial charge is 0.379 e. The third-order valence-corrected chi connectivity index (χ3v) is 6.40. The summed E-state index contributed by atoms with van der Waals surface area (Å²) in [7, 11) is -0.538. The fraction of sp³-hybridized carbons (Fsp3) is 0.500. The number of pyridine rings is 1. The first-order valence-electron chi connectivity index (χ1n) is 8.12. The molecule has 0 bridgehead atoms. The minimum atomic E-state index is -3.44. The molecule has 1 saturated heterocycles. The van der Waals surface area contributed by atoms with Gasteiger partial charge in [0, 0.05) is 26.2 Å². The van der Waals surface area contributed by atoms with Crippen molar-refractivity contribution in [2.24, 2.45) is 5.92 Å². The van der Waals surface area contributed by atoms with Gasteiger partial charge in [-0.25, -0.2) is 17.7 Å². The van der Waals surface area contributed by atoms with Crippen LogP contribution in [0.4, 0.5) is 4.39 Å². The van der Waals surface area contributed by atoms with Gasteiger partial charge in [0.2, 0.25) is 16.0 Å². The van der Waals surface area contributed by atoms with Gasteiger partial charge in [-0.15, -0.1) is 0 Å². The van der Waals surface area contributed by atoms with Gasteiger partial charge in [0.05, 0.1) is 25.0 Å².